The van der Waals surface area contributed by atoms with Crippen molar-refractivity contribution in [3.05, 3.63) is 54.1 Å². The van der Waals surface area contributed by atoms with Gasteiger partial charge in [-0.3, -0.25) is 4.98 Å². The highest BCUT2D eigenvalue weighted by Gasteiger charge is 2.03. The molecule has 0 radical (unpaired) electrons. The molecule has 2 aromatic rings. The topological polar surface area (TPSA) is 46.8 Å². The van der Waals surface area contributed by atoms with E-state index >= 15 is 0 Å². The Morgan fingerprint density at radius 1 is 1.21 bits per heavy atom. The maximum Gasteiger partial charge on any atom is 0.126 e. The zero-order chi connectivity index (χ0) is 13.5. The van der Waals surface area contributed by atoms with Crippen LogP contribution in [-0.4, -0.2) is 18.6 Å². The first kappa shape index (κ1) is 13.1. The highest BCUT2D eigenvalue weighted by molar-refractivity contribution is 5.32. The molecule has 0 aliphatic heterocycles. The summed E-state index contributed by atoms with van der Waals surface area (Å²) < 4.78 is 18.6. The fourth-order valence-corrected chi connectivity index (χ4v) is 1.58. The number of rotatable bonds is 5. The molecular weight excluding hydrogens is 245 g/mol. The van der Waals surface area contributed by atoms with Crippen molar-refractivity contribution in [3.8, 4) is 5.75 Å². The average Bonchev–Trinajstić information content (AvgIpc) is 2.46. The molecule has 1 heterocycles. The molecule has 1 aromatic heterocycles. The number of methoxy groups -OCH3 is 1. The van der Waals surface area contributed by atoms with Gasteiger partial charge in [0.05, 0.1) is 19.3 Å². The van der Waals surface area contributed by atoms with Crippen molar-refractivity contribution in [3.63, 3.8) is 0 Å². The summed E-state index contributed by atoms with van der Waals surface area (Å²) in [4.78, 5) is 3.89. The van der Waals surface area contributed by atoms with Gasteiger partial charge in [0.25, 0.3) is 0 Å². The first-order valence-electron chi connectivity index (χ1n) is 5.89. The summed E-state index contributed by atoms with van der Waals surface area (Å²) in [6, 6.07) is 8.19. The van der Waals surface area contributed by atoms with Crippen LogP contribution in [0.25, 0.3) is 0 Å². The van der Waals surface area contributed by atoms with E-state index in [2.05, 4.69) is 15.2 Å². The Morgan fingerprint density at radius 2 is 2.00 bits per heavy atom. The van der Waals surface area contributed by atoms with Crippen LogP contribution in [0.2, 0.25) is 0 Å². The normalized spacial score (nSPS) is 10.8. The number of hydrogen-bond acceptors (Lipinski definition) is 4. The third-order valence-corrected chi connectivity index (χ3v) is 2.58. The van der Waals surface area contributed by atoms with Gasteiger partial charge in [-0.15, -0.1) is 0 Å². The highest BCUT2D eigenvalue weighted by atomic mass is 19.1. The Balaban J connectivity index is 1.94. The minimum atomic E-state index is -0.250. The summed E-state index contributed by atoms with van der Waals surface area (Å²) in [5.74, 6) is 0.391. The number of azo groups is 1. The van der Waals surface area contributed by atoms with Gasteiger partial charge in [0, 0.05) is 12.4 Å². The smallest absolute Gasteiger partial charge is 0.126 e. The van der Waals surface area contributed by atoms with Crippen LogP contribution in [0.1, 0.15) is 5.56 Å². The molecule has 0 fully saturated rings. The standard InChI is InChI=1S/C14H14FN3O/c1-19-13-2-3-14(15)11(10-13)4-9-17-18-12-5-7-16-8-6-12/h2-3,5-8,10H,4,9H2,1H3. The predicted molar refractivity (Wildman–Crippen MR) is 70.3 cm³/mol. The summed E-state index contributed by atoms with van der Waals surface area (Å²) in [6.07, 6.45) is 3.78. The molecule has 0 N–H and O–H groups in total. The first-order chi connectivity index (χ1) is 9.29. The van der Waals surface area contributed by atoms with Gasteiger partial charge in [-0.25, -0.2) is 4.39 Å². The molecule has 0 spiro atoms. The van der Waals surface area contributed by atoms with E-state index in [4.69, 9.17) is 4.74 Å². The zero-order valence-electron chi connectivity index (χ0n) is 10.6. The van der Waals surface area contributed by atoms with E-state index in [0.717, 1.165) is 5.69 Å². The van der Waals surface area contributed by atoms with Crippen LogP contribution in [-0.2, 0) is 6.42 Å². The Kier molecular flexibility index (Phi) is 4.55. The van der Waals surface area contributed by atoms with E-state index in [0.29, 0.717) is 24.3 Å². The van der Waals surface area contributed by atoms with Crippen molar-refractivity contribution in [2.45, 2.75) is 6.42 Å². The molecule has 19 heavy (non-hydrogen) atoms. The largest absolute Gasteiger partial charge is 0.497 e. The predicted octanol–water partition coefficient (Wildman–Crippen LogP) is 3.56. The van der Waals surface area contributed by atoms with Crippen LogP contribution in [0.3, 0.4) is 0 Å². The van der Waals surface area contributed by atoms with Crippen molar-refractivity contribution >= 4 is 5.69 Å². The summed E-state index contributed by atoms with van der Waals surface area (Å²) in [5, 5.41) is 8.05. The lowest BCUT2D eigenvalue weighted by Gasteiger charge is -2.04. The summed E-state index contributed by atoms with van der Waals surface area (Å²) in [6.45, 7) is 0.423. The maximum atomic E-state index is 13.5. The quantitative estimate of drug-likeness (QED) is 0.771. The zero-order valence-corrected chi connectivity index (χ0v) is 10.6. The van der Waals surface area contributed by atoms with Crippen molar-refractivity contribution in [2.24, 2.45) is 10.2 Å². The molecule has 0 saturated carbocycles. The molecule has 4 nitrogen and oxygen atoms in total. The van der Waals surface area contributed by atoms with Gasteiger partial charge in [-0.2, -0.15) is 10.2 Å². The lowest BCUT2D eigenvalue weighted by atomic mass is 10.1. The Hall–Kier alpha value is -2.30. The number of pyridine rings is 1. The molecule has 98 valence electrons. The van der Waals surface area contributed by atoms with Crippen molar-refractivity contribution in [2.75, 3.05) is 13.7 Å². The van der Waals surface area contributed by atoms with Gasteiger partial charge in [-0.1, -0.05) is 0 Å². The lowest BCUT2D eigenvalue weighted by molar-refractivity contribution is 0.412. The molecule has 2 rings (SSSR count). The molecule has 0 atom stereocenters. The van der Waals surface area contributed by atoms with E-state index in [1.54, 1.807) is 43.8 Å². The van der Waals surface area contributed by atoms with Gasteiger partial charge in [0.2, 0.25) is 0 Å². The van der Waals surface area contributed by atoms with Crippen molar-refractivity contribution in [1.82, 2.24) is 4.98 Å². The molecule has 0 saturated heterocycles. The second-order valence-electron chi connectivity index (χ2n) is 3.88. The van der Waals surface area contributed by atoms with Crippen molar-refractivity contribution in [1.29, 1.82) is 0 Å². The molecule has 0 aliphatic carbocycles. The van der Waals surface area contributed by atoms with Gasteiger partial charge >= 0.3 is 0 Å². The van der Waals surface area contributed by atoms with Crippen LogP contribution < -0.4 is 4.74 Å². The molecular formula is C14H14FN3O. The number of ether oxygens (including phenoxy) is 1. The SMILES string of the molecule is COc1ccc(F)c(CCN=Nc2ccncc2)c1. The minimum Gasteiger partial charge on any atom is -0.497 e. The summed E-state index contributed by atoms with van der Waals surface area (Å²) in [5.41, 5.74) is 1.31. The minimum absolute atomic E-state index is 0.250. The second kappa shape index (κ2) is 6.58. The molecule has 5 heteroatoms. The van der Waals surface area contributed by atoms with E-state index in [1.165, 1.54) is 6.07 Å². The number of benzene rings is 1. The number of hydrogen-bond donors (Lipinski definition) is 0. The molecule has 0 amide bonds. The van der Waals surface area contributed by atoms with E-state index < -0.39 is 0 Å². The first-order valence-corrected chi connectivity index (χ1v) is 5.89. The van der Waals surface area contributed by atoms with Gasteiger partial charge < -0.3 is 4.74 Å². The molecule has 0 bridgehead atoms. The lowest BCUT2D eigenvalue weighted by Crippen LogP contribution is -1.95. The maximum absolute atomic E-state index is 13.5. The van der Waals surface area contributed by atoms with Gasteiger partial charge in [0.15, 0.2) is 0 Å². The Bertz CT molecular complexity index is 558. The third kappa shape index (κ3) is 3.84. The van der Waals surface area contributed by atoms with Crippen molar-refractivity contribution < 1.29 is 9.13 Å². The second-order valence-corrected chi connectivity index (χ2v) is 3.88. The monoisotopic (exact) mass is 259 g/mol. The average molecular weight is 259 g/mol. The molecule has 0 unspecified atom stereocenters. The molecule has 1 aromatic carbocycles. The number of nitrogens with zero attached hydrogens (tertiary/aromatic N) is 3. The fraction of sp³-hybridized carbons (Fsp3) is 0.214. The van der Waals surface area contributed by atoms with Crippen LogP contribution in [0.15, 0.2) is 53.0 Å². The number of aromatic nitrogens is 1. The Labute approximate surface area is 111 Å². The van der Waals surface area contributed by atoms with E-state index in [9.17, 15) is 4.39 Å². The van der Waals surface area contributed by atoms with Gasteiger partial charge in [0.1, 0.15) is 11.6 Å². The van der Waals surface area contributed by atoms with Gasteiger partial charge in [-0.05, 0) is 42.3 Å². The van der Waals surface area contributed by atoms with E-state index in [1.807, 2.05) is 0 Å². The summed E-state index contributed by atoms with van der Waals surface area (Å²) in [7, 11) is 1.56. The van der Waals surface area contributed by atoms with Crippen LogP contribution >= 0.6 is 0 Å². The highest BCUT2D eigenvalue weighted by Crippen LogP contribution is 2.17. The fourth-order valence-electron chi connectivity index (χ4n) is 1.58. The van der Waals surface area contributed by atoms with Crippen LogP contribution in [0.4, 0.5) is 10.1 Å². The summed E-state index contributed by atoms with van der Waals surface area (Å²) >= 11 is 0. The Morgan fingerprint density at radius 3 is 2.74 bits per heavy atom. The van der Waals surface area contributed by atoms with E-state index in [-0.39, 0.29) is 5.82 Å². The third-order valence-electron chi connectivity index (χ3n) is 2.58. The van der Waals surface area contributed by atoms with Crippen LogP contribution in [0.5, 0.6) is 5.75 Å². The van der Waals surface area contributed by atoms with Crippen LogP contribution in [0, 0.1) is 5.82 Å². The molecule has 0 aliphatic rings. The number of halogens is 1.